The Bertz CT molecular complexity index is 565. The zero-order chi connectivity index (χ0) is 16.1. The topological polar surface area (TPSA) is 58.2 Å². The molecule has 2 N–H and O–H groups in total. The Balaban J connectivity index is 2.10. The number of anilines is 1. The largest absolute Gasteiger partial charge is 0.348 e. The first-order valence-electron chi connectivity index (χ1n) is 7.51. The zero-order valence-corrected chi connectivity index (χ0v) is 13.6. The summed E-state index contributed by atoms with van der Waals surface area (Å²) < 4.78 is 13.9. The molecular weight excluding hydrogens is 303 g/mol. The van der Waals surface area contributed by atoms with Crippen LogP contribution >= 0.6 is 11.8 Å². The Morgan fingerprint density at radius 3 is 2.82 bits per heavy atom. The molecule has 1 saturated carbocycles. The minimum absolute atomic E-state index is 0.0293. The van der Waals surface area contributed by atoms with E-state index in [0.717, 1.165) is 25.0 Å². The van der Waals surface area contributed by atoms with Crippen molar-refractivity contribution < 1.29 is 14.0 Å². The molecule has 1 aromatic carbocycles. The summed E-state index contributed by atoms with van der Waals surface area (Å²) in [6.07, 6.45) is 3.09. The quantitative estimate of drug-likeness (QED) is 0.874. The minimum Gasteiger partial charge on any atom is -0.348 e. The number of hydrogen-bond acceptors (Lipinski definition) is 3. The van der Waals surface area contributed by atoms with Gasteiger partial charge in [-0.05, 0) is 36.8 Å². The minimum atomic E-state index is -0.579. The van der Waals surface area contributed by atoms with Crippen LogP contribution in [0.15, 0.2) is 18.2 Å². The second-order valence-electron chi connectivity index (χ2n) is 5.38. The van der Waals surface area contributed by atoms with Gasteiger partial charge in [-0.2, -0.15) is 11.8 Å². The normalized spacial score (nSPS) is 20.7. The molecular formula is C16H21FN2O2S. The van der Waals surface area contributed by atoms with Crippen molar-refractivity contribution >= 4 is 29.3 Å². The summed E-state index contributed by atoms with van der Waals surface area (Å²) in [7, 11) is 0. The lowest BCUT2D eigenvalue weighted by Gasteiger charge is -2.20. The van der Waals surface area contributed by atoms with E-state index >= 15 is 0 Å². The van der Waals surface area contributed by atoms with Crippen LogP contribution in [0.1, 0.15) is 43.5 Å². The van der Waals surface area contributed by atoms with Crippen molar-refractivity contribution in [2.45, 2.75) is 44.4 Å². The van der Waals surface area contributed by atoms with Crippen LogP contribution in [-0.4, -0.2) is 28.9 Å². The van der Waals surface area contributed by atoms with Crippen molar-refractivity contribution in [2.75, 3.05) is 11.1 Å². The van der Waals surface area contributed by atoms with Crippen molar-refractivity contribution in [1.82, 2.24) is 5.32 Å². The summed E-state index contributed by atoms with van der Waals surface area (Å²) in [5.41, 5.74) is 0.392. The maximum Gasteiger partial charge on any atom is 0.254 e. The number of rotatable bonds is 5. The van der Waals surface area contributed by atoms with E-state index < -0.39 is 11.7 Å². The number of hydrogen-bond donors (Lipinski definition) is 2. The smallest absolute Gasteiger partial charge is 0.254 e. The molecule has 0 aliphatic heterocycles. The van der Waals surface area contributed by atoms with Gasteiger partial charge in [0.05, 0.1) is 5.56 Å². The molecule has 0 aromatic heterocycles. The fraction of sp³-hybridized carbons (Fsp3) is 0.500. The van der Waals surface area contributed by atoms with Crippen LogP contribution in [0.25, 0.3) is 0 Å². The Kier molecular flexibility index (Phi) is 5.83. The van der Waals surface area contributed by atoms with Gasteiger partial charge in [-0.3, -0.25) is 9.59 Å². The Labute approximate surface area is 134 Å². The molecule has 2 amide bonds. The highest BCUT2D eigenvalue weighted by Gasteiger charge is 2.29. The van der Waals surface area contributed by atoms with Crippen LogP contribution in [0.4, 0.5) is 10.1 Å². The maximum absolute atomic E-state index is 13.9. The van der Waals surface area contributed by atoms with E-state index in [1.165, 1.54) is 25.1 Å². The lowest BCUT2D eigenvalue weighted by Crippen LogP contribution is -2.39. The lowest BCUT2D eigenvalue weighted by molar-refractivity contribution is -0.114. The second-order valence-corrected chi connectivity index (χ2v) is 6.90. The van der Waals surface area contributed by atoms with Gasteiger partial charge in [0.15, 0.2) is 0 Å². The van der Waals surface area contributed by atoms with Gasteiger partial charge in [0, 0.05) is 23.9 Å². The molecule has 1 fully saturated rings. The fourth-order valence-corrected chi connectivity index (χ4v) is 3.93. The number of benzene rings is 1. The Morgan fingerprint density at radius 2 is 2.14 bits per heavy atom. The van der Waals surface area contributed by atoms with Crippen molar-refractivity contribution in [3.05, 3.63) is 29.6 Å². The number of carbonyl (C=O) groups is 2. The van der Waals surface area contributed by atoms with Gasteiger partial charge in [-0.1, -0.05) is 13.3 Å². The first kappa shape index (κ1) is 16.8. The molecule has 0 saturated heterocycles. The van der Waals surface area contributed by atoms with E-state index in [4.69, 9.17) is 0 Å². The van der Waals surface area contributed by atoms with Crippen LogP contribution < -0.4 is 10.6 Å². The van der Waals surface area contributed by atoms with Crippen molar-refractivity contribution in [2.24, 2.45) is 0 Å². The van der Waals surface area contributed by atoms with Crippen LogP contribution in [0.5, 0.6) is 0 Å². The van der Waals surface area contributed by atoms with E-state index in [2.05, 4.69) is 17.6 Å². The lowest BCUT2D eigenvalue weighted by atomic mass is 10.1. The fourth-order valence-electron chi connectivity index (χ4n) is 2.73. The summed E-state index contributed by atoms with van der Waals surface area (Å²) in [5.74, 6) is -0.251. The molecule has 2 atom stereocenters. The van der Waals surface area contributed by atoms with Gasteiger partial charge < -0.3 is 10.6 Å². The molecule has 0 radical (unpaired) electrons. The van der Waals surface area contributed by atoms with Crippen LogP contribution in [-0.2, 0) is 4.79 Å². The first-order valence-corrected chi connectivity index (χ1v) is 8.55. The third kappa shape index (κ3) is 4.22. The molecule has 120 valence electrons. The summed E-state index contributed by atoms with van der Waals surface area (Å²) in [5, 5.41) is 5.90. The third-order valence-electron chi connectivity index (χ3n) is 3.68. The van der Waals surface area contributed by atoms with Crippen LogP contribution in [0.2, 0.25) is 0 Å². The average Bonchev–Trinajstić information content (AvgIpc) is 2.88. The number of nitrogens with one attached hydrogen (secondary N) is 2. The predicted molar refractivity (Wildman–Crippen MR) is 87.7 cm³/mol. The zero-order valence-electron chi connectivity index (χ0n) is 12.8. The highest BCUT2D eigenvalue weighted by molar-refractivity contribution is 7.99. The number of amides is 2. The van der Waals surface area contributed by atoms with E-state index in [9.17, 15) is 14.0 Å². The van der Waals surface area contributed by atoms with Gasteiger partial charge in [0.1, 0.15) is 5.82 Å². The van der Waals surface area contributed by atoms with E-state index in [0.29, 0.717) is 10.9 Å². The number of thioether (sulfide) groups is 1. The highest BCUT2D eigenvalue weighted by atomic mass is 32.2. The molecule has 1 aliphatic carbocycles. The SMILES string of the molecule is CCS[C@H]1CCC[C@@H]1NC(=O)c1cc(NC(C)=O)ccc1F. The summed E-state index contributed by atoms with van der Waals surface area (Å²) >= 11 is 1.83. The Hall–Kier alpha value is -1.56. The number of halogens is 1. The molecule has 2 rings (SSSR count). The monoisotopic (exact) mass is 324 g/mol. The standard InChI is InChI=1S/C16H21FN2O2S/c1-3-22-15-6-4-5-14(15)19-16(21)12-9-11(18-10(2)20)7-8-13(12)17/h7-9,14-15H,3-6H2,1-2H3,(H,18,20)(H,19,21)/t14-,15-/m0/s1. The van der Waals surface area contributed by atoms with Gasteiger partial charge in [0.25, 0.3) is 5.91 Å². The third-order valence-corrected chi connectivity index (χ3v) is 5.01. The highest BCUT2D eigenvalue weighted by Crippen LogP contribution is 2.30. The van der Waals surface area contributed by atoms with Gasteiger partial charge in [-0.25, -0.2) is 4.39 Å². The van der Waals surface area contributed by atoms with Gasteiger partial charge in [0.2, 0.25) is 5.91 Å². The number of carbonyl (C=O) groups excluding carboxylic acids is 2. The predicted octanol–water partition coefficient (Wildman–Crippen LogP) is 3.19. The van der Waals surface area contributed by atoms with Crippen molar-refractivity contribution in [3.8, 4) is 0 Å². The van der Waals surface area contributed by atoms with Gasteiger partial charge in [-0.15, -0.1) is 0 Å². The Morgan fingerprint density at radius 1 is 1.36 bits per heavy atom. The van der Waals surface area contributed by atoms with Gasteiger partial charge >= 0.3 is 0 Å². The van der Waals surface area contributed by atoms with E-state index in [1.807, 2.05) is 11.8 Å². The van der Waals surface area contributed by atoms with Crippen molar-refractivity contribution in [3.63, 3.8) is 0 Å². The summed E-state index contributed by atoms with van der Waals surface area (Å²) in [4.78, 5) is 23.4. The van der Waals surface area contributed by atoms with Crippen LogP contribution in [0, 0.1) is 5.82 Å². The molecule has 22 heavy (non-hydrogen) atoms. The molecule has 4 nitrogen and oxygen atoms in total. The molecule has 1 aliphatic rings. The van der Waals surface area contributed by atoms with E-state index in [1.54, 1.807) is 0 Å². The molecule has 0 heterocycles. The average molecular weight is 324 g/mol. The molecule has 1 aromatic rings. The summed E-state index contributed by atoms with van der Waals surface area (Å²) in [6, 6.07) is 4.11. The molecule has 6 heteroatoms. The van der Waals surface area contributed by atoms with Crippen LogP contribution in [0.3, 0.4) is 0 Å². The molecule has 0 bridgehead atoms. The second kappa shape index (κ2) is 7.63. The molecule has 0 unspecified atom stereocenters. The molecule has 0 spiro atoms. The van der Waals surface area contributed by atoms with E-state index in [-0.39, 0.29) is 17.5 Å². The first-order chi connectivity index (χ1) is 10.5. The maximum atomic E-state index is 13.9. The summed E-state index contributed by atoms with van der Waals surface area (Å²) in [6.45, 7) is 3.46. The van der Waals surface area contributed by atoms with Crippen molar-refractivity contribution in [1.29, 1.82) is 0 Å².